The summed E-state index contributed by atoms with van der Waals surface area (Å²) in [5.41, 5.74) is 2.77. The van der Waals surface area contributed by atoms with Crippen LogP contribution in [-0.4, -0.2) is 75.2 Å². The van der Waals surface area contributed by atoms with Crippen LogP contribution in [0.1, 0.15) is 17.5 Å². The van der Waals surface area contributed by atoms with Gasteiger partial charge in [-0.15, -0.1) is 0 Å². The largest absolute Gasteiger partial charge is 0.365 e. The second-order valence-corrected chi connectivity index (χ2v) is 9.73. The number of nitrogens with one attached hydrogen (secondary N) is 3. The summed E-state index contributed by atoms with van der Waals surface area (Å²) in [6.07, 6.45) is 7.97. The molecule has 0 saturated carbocycles. The van der Waals surface area contributed by atoms with Crippen LogP contribution in [0, 0.1) is 0 Å². The molecule has 37 heavy (non-hydrogen) atoms. The van der Waals surface area contributed by atoms with Gasteiger partial charge in [0.15, 0.2) is 5.15 Å². The topological polar surface area (TPSA) is 103 Å². The first-order valence-corrected chi connectivity index (χ1v) is 12.7. The highest BCUT2D eigenvalue weighted by Crippen LogP contribution is 2.24. The number of aryl methyl sites for hydroxylation is 1. The summed E-state index contributed by atoms with van der Waals surface area (Å²) in [5, 5.41) is 14.7. The number of halogens is 1. The molecule has 1 atom stereocenters. The molecule has 4 rings (SSSR count). The minimum atomic E-state index is 0.0344. The Morgan fingerprint density at radius 1 is 1.24 bits per heavy atom. The van der Waals surface area contributed by atoms with Crippen molar-refractivity contribution in [2.45, 2.75) is 25.6 Å². The van der Waals surface area contributed by atoms with E-state index >= 15 is 0 Å². The average molecular weight is 524 g/mol. The monoisotopic (exact) mass is 523 g/mol. The molecule has 1 unspecified atom stereocenters. The van der Waals surface area contributed by atoms with Gasteiger partial charge in [-0.1, -0.05) is 48.0 Å². The predicted octanol–water partition coefficient (Wildman–Crippen LogP) is 3.03. The zero-order valence-electron chi connectivity index (χ0n) is 21.5. The Balaban J connectivity index is 1.45. The van der Waals surface area contributed by atoms with Gasteiger partial charge in [-0.2, -0.15) is 10.1 Å². The summed E-state index contributed by atoms with van der Waals surface area (Å²) in [6, 6.07) is 10.3. The zero-order chi connectivity index (χ0) is 26.2. The minimum absolute atomic E-state index is 0.0344. The molecule has 0 bridgehead atoms. The molecule has 0 aliphatic carbocycles. The Hall–Kier alpha value is -3.47. The van der Waals surface area contributed by atoms with E-state index in [0.717, 1.165) is 30.9 Å². The Labute approximate surface area is 222 Å². The van der Waals surface area contributed by atoms with Crippen LogP contribution in [0.5, 0.6) is 0 Å². The van der Waals surface area contributed by atoms with E-state index in [1.807, 2.05) is 54.4 Å². The van der Waals surface area contributed by atoms with Crippen LogP contribution in [0.25, 0.3) is 0 Å². The molecular weight excluding hydrogens is 490 g/mol. The lowest BCUT2D eigenvalue weighted by molar-refractivity contribution is -0.125. The lowest BCUT2D eigenvalue weighted by Crippen LogP contribution is -2.31. The highest BCUT2D eigenvalue weighted by Gasteiger charge is 2.26. The Kier molecular flexibility index (Phi) is 9.10. The van der Waals surface area contributed by atoms with Gasteiger partial charge in [-0.3, -0.25) is 9.48 Å². The van der Waals surface area contributed by atoms with E-state index in [4.69, 9.17) is 16.6 Å². The van der Waals surface area contributed by atoms with Crippen LogP contribution in [-0.2, 0) is 24.9 Å². The molecule has 1 fully saturated rings. The van der Waals surface area contributed by atoms with E-state index in [1.54, 1.807) is 24.0 Å². The molecule has 1 saturated heterocycles. The summed E-state index contributed by atoms with van der Waals surface area (Å²) in [6.45, 7) is 3.37. The molecule has 1 amide bonds. The highest BCUT2D eigenvalue weighted by molar-refractivity contribution is 6.32. The van der Waals surface area contributed by atoms with Crippen molar-refractivity contribution < 1.29 is 4.79 Å². The third-order valence-electron chi connectivity index (χ3n) is 5.95. The van der Waals surface area contributed by atoms with E-state index in [9.17, 15) is 4.79 Å². The predicted molar refractivity (Wildman–Crippen MR) is 147 cm³/mol. The number of anilines is 3. The first-order chi connectivity index (χ1) is 17.9. The molecule has 1 aliphatic heterocycles. The fourth-order valence-corrected chi connectivity index (χ4v) is 4.28. The minimum Gasteiger partial charge on any atom is -0.365 e. The number of aromatic nitrogens is 4. The van der Waals surface area contributed by atoms with Gasteiger partial charge >= 0.3 is 0 Å². The summed E-state index contributed by atoms with van der Waals surface area (Å²) < 4.78 is 1.63. The van der Waals surface area contributed by atoms with Crippen LogP contribution in [0.3, 0.4) is 0 Å². The standard InChI is InChI=1S/C26H34ClN9O/c1-34(2)12-7-10-23(37)36-13-11-21(17-36)30-25-20(15-28-14-19-8-5-4-6-9-19)16-29-26(32-25)31-22-18-35(3)33-24(22)27/h4-10,16,18,21,28H,11-15,17H2,1-3H3,(H2,29,30,31,32)/b10-7+. The fourth-order valence-electron chi connectivity index (χ4n) is 4.07. The first kappa shape index (κ1) is 26.6. The van der Waals surface area contributed by atoms with Crippen molar-refractivity contribution in [1.29, 1.82) is 0 Å². The molecule has 3 heterocycles. The van der Waals surface area contributed by atoms with Crippen molar-refractivity contribution in [3.63, 3.8) is 0 Å². The van der Waals surface area contributed by atoms with Gasteiger partial charge in [0.1, 0.15) is 5.82 Å². The number of likely N-dealkylation sites (N-methyl/N-ethyl adjacent to an activating group) is 1. The number of nitrogens with zero attached hydrogens (tertiary/aromatic N) is 6. The number of carbonyl (C=O) groups is 1. The molecule has 3 N–H and O–H groups in total. The number of hydrogen-bond donors (Lipinski definition) is 3. The SMILES string of the molecule is CN(C)C/C=C/C(=O)N1CCC(Nc2nc(Nc3cn(C)nc3Cl)ncc2CNCc2ccccc2)C1. The van der Waals surface area contributed by atoms with Gasteiger partial charge in [0.05, 0.1) is 5.69 Å². The third kappa shape index (κ3) is 7.75. The van der Waals surface area contributed by atoms with E-state index in [0.29, 0.717) is 36.4 Å². The van der Waals surface area contributed by atoms with E-state index in [1.165, 1.54) is 5.56 Å². The first-order valence-electron chi connectivity index (χ1n) is 12.3. The van der Waals surface area contributed by atoms with Crippen molar-refractivity contribution in [2.75, 3.05) is 44.4 Å². The van der Waals surface area contributed by atoms with Crippen molar-refractivity contribution >= 4 is 35.0 Å². The van der Waals surface area contributed by atoms with Crippen LogP contribution >= 0.6 is 11.6 Å². The summed E-state index contributed by atoms with van der Waals surface area (Å²) in [7, 11) is 5.75. The molecule has 0 spiro atoms. The quantitative estimate of drug-likeness (QED) is 0.330. The van der Waals surface area contributed by atoms with Gasteiger partial charge < -0.3 is 25.8 Å². The van der Waals surface area contributed by atoms with Gasteiger partial charge in [0, 0.05) is 69.8 Å². The van der Waals surface area contributed by atoms with Gasteiger partial charge in [0.2, 0.25) is 11.9 Å². The van der Waals surface area contributed by atoms with Crippen LogP contribution in [0.15, 0.2) is 54.9 Å². The Bertz CT molecular complexity index is 1210. The highest BCUT2D eigenvalue weighted by atomic mass is 35.5. The summed E-state index contributed by atoms with van der Waals surface area (Å²) in [4.78, 5) is 25.7. The smallest absolute Gasteiger partial charge is 0.246 e. The maximum atomic E-state index is 12.6. The fraction of sp³-hybridized carbons (Fsp3) is 0.385. The van der Waals surface area contributed by atoms with Crippen molar-refractivity contribution in [1.82, 2.24) is 34.9 Å². The second-order valence-electron chi connectivity index (χ2n) is 9.37. The van der Waals surface area contributed by atoms with Gasteiger partial charge in [-0.05, 0) is 26.1 Å². The number of carbonyl (C=O) groups excluding carboxylic acids is 1. The van der Waals surface area contributed by atoms with Gasteiger partial charge in [-0.25, -0.2) is 4.98 Å². The van der Waals surface area contributed by atoms with E-state index < -0.39 is 0 Å². The summed E-state index contributed by atoms with van der Waals surface area (Å²) >= 11 is 6.21. The third-order valence-corrected chi connectivity index (χ3v) is 6.23. The molecule has 0 radical (unpaired) electrons. The molecule has 1 aliphatic rings. The van der Waals surface area contributed by atoms with Crippen LogP contribution < -0.4 is 16.0 Å². The zero-order valence-corrected chi connectivity index (χ0v) is 22.2. The number of rotatable bonds is 11. The van der Waals surface area contributed by atoms with E-state index in [2.05, 4.69) is 38.2 Å². The molecule has 2 aromatic heterocycles. The normalized spacial score (nSPS) is 15.6. The Morgan fingerprint density at radius 2 is 2.05 bits per heavy atom. The molecular formula is C26H34ClN9O. The molecule has 1 aromatic carbocycles. The van der Waals surface area contributed by atoms with Gasteiger partial charge in [0.25, 0.3) is 0 Å². The number of benzene rings is 1. The Morgan fingerprint density at radius 3 is 2.78 bits per heavy atom. The summed E-state index contributed by atoms with van der Waals surface area (Å²) in [5.74, 6) is 1.18. The number of likely N-dealkylation sites (tertiary alicyclic amines) is 1. The maximum absolute atomic E-state index is 12.6. The molecule has 3 aromatic rings. The average Bonchev–Trinajstić information content (AvgIpc) is 3.46. The lowest BCUT2D eigenvalue weighted by atomic mass is 10.2. The molecule has 196 valence electrons. The van der Waals surface area contributed by atoms with E-state index in [-0.39, 0.29) is 11.9 Å². The van der Waals surface area contributed by atoms with Crippen LogP contribution in [0.2, 0.25) is 5.15 Å². The number of hydrogen-bond acceptors (Lipinski definition) is 8. The maximum Gasteiger partial charge on any atom is 0.246 e. The van der Waals surface area contributed by atoms with Crippen molar-refractivity contribution in [3.05, 3.63) is 71.2 Å². The molecule has 10 nitrogen and oxygen atoms in total. The molecule has 11 heteroatoms. The van der Waals surface area contributed by atoms with Crippen LogP contribution in [0.4, 0.5) is 17.5 Å². The second kappa shape index (κ2) is 12.7. The van der Waals surface area contributed by atoms with Crippen molar-refractivity contribution in [3.8, 4) is 0 Å². The lowest BCUT2D eigenvalue weighted by Gasteiger charge is -2.18. The van der Waals surface area contributed by atoms with Crippen molar-refractivity contribution in [2.24, 2.45) is 7.05 Å². The number of amides is 1.